The molecule has 0 aliphatic heterocycles. The molecule has 1 aliphatic rings. The number of hydrogen-bond donors (Lipinski definition) is 0. The van der Waals surface area contributed by atoms with Crippen molar-refractivity contribution in [2.75, 3.05) is 13.2 Å². The van der Waals surface area contributed by atoms with Crippen LogP contribution in [0.2, 0.25) is 0 Å². The van der Waals surface area contributed by atoms with Crippen LogP contribution in [0, 0.1) is 5.92 Å². The van der Waals surface area contributed by atoms with Gasteiger partial charge in [-0.05, 0) is 41.9 Å². The Bertz CT molecular complexity index is 683. The number of rotatable bonds is 10. The first-order valence-corrected chi connectivity index (χ1v) is 11.3. The van der Waals surface area contributed by atoms with Crippen LogP contribution in [0.1, 0.15) is 71.3 Å². The molecule has 29 heavy (non-hydrogen) atoms. The normalized spacial score (nSPS) is 16.7. The van der Waals surface area contributed by atoms with Crippen molar-refractivity contribution in [1.29, 1.82) is 0 Å². The second-order valence-electron chi connectivity index (χ2n) is 9.48. The third-order valence-electron chi connectivity index (χ3n) is 5.96. The Kier molecular flexibility index (Phi) is 8.17. The molecule has 0 bridgehead atoms. The number of benzene rings is 1. The molecule has 4 nitrogen and oxygen atoms in total. The van der Waals surface area contributed by atoms with Crippen molar-refractivity contribution in [3.05, 3.63) is 48.5 Å². The molecule has 0 saturated heterocycles. The Labute approximate surface area is 176 Å². The zero-order valence-electron chi connectivity index (χ0n) is 18.5. The summed E-state index contributed by atoms with van der Waals surface area (Å²) in [5, 5.41) is 0. The van der Waals surface area contributed by atoms with Gasteiger partial charge in [-0.25, -0.2) is 4.98 Å². The van der Waals surface area contributed by atoms with Crippen molar-refractivity contribution in [2.24, 2.45) is 5.92 Å². The van der Waals surface area contributed by atoms with Gasteiger partial charge in [0, 0.05) is 19.0 Å². The van der Waals surface area contributed by atoms with Gasteiger partial charge in [-0.1, -0.05) is 65.0 Å². The third kappa shape index (κ3) is 7.50. The number of imidazole rings is 1. The lowest BCUT2D eigenvalue weighted by atomic mass is 9.86. The smallest absolute Gasteiger partial charge is 0.119 e. The lowest BCUT2D eigenvalue weighted by molar-refractivity contribution is 0.00656. The first kappa shape index (κ1) is 21.9. The van der Waals surface area contributed by atoms with E-state index in [1.165, 1.54) is 44.1 Å². The van der Waals surface area contributed by atoms with Crippen LogP contribution < -0.4 is 4.74 Å². The van der Waals surface area contributed by atoms with Crippen molar-refractivity contribution in [2.45, 2.75) is 83.8 Å². The Morgan fingerprint density at radius 3 is 2.52 bits per heavy atom. The van der Waals surface area contributed by atoms with Crippen molar-refractivity contribution < 1.29 is 9.47 Å². The van der Waals surface area contributed by atoms with E-state index in [-0.39, 0.29) is 11.5 Å². The second kappa shape index (κ2) is 10.8. The number of aromatic nitrogens is 2. The average Bonchev–Trinajstić information content (AvgIpc) is 3.23. The maximum atomic E-state index is 6.23. The van der Waals surface area contributed by atoms with E-state index in [0.717, 1.165) is 31.2 Å². The monoisotopic (exact) mass is 398 g/mol. The summed E-state index contributed by atoms with van der Waals surface area (Å²) in [5.74, 6) is 1.82. The van der Waals surface area contributed by atoms with Gasteiger partial charge >= 0.3 is 0 Å². The van der Waals surface area contributed by atoms with Crippen molar-refractivity contribution in [3.8, 4) is 5.75 Å². The molecule has 0 N–H and O–H groups in total. The fraction of sp³-hybridized carbons (Fsp3) is 0.640. The fourth-order valence-electron chi connectivity index (χ4n) is 4.12. The van der Waals surface area contributed by atoms with Crippen molar-refractivity contribution in [3.63, 3.8) is 0 Å². The van der Waals surface area contributed by atoms with Crippen molar-refractivity contribution >= 4 is 0 Å². The predicted octanol–water partition coefficient (Wildman–Crippen LogP) is 6.01. The van der Waals surface area contributed by atoms with E-state index in [1.807, 2.05) is 18.7 Å². The van der Waals surface area contributed by atoms with Crippen LogP contribution in [-0.2, 0) is 16.7 Å². The second-order valence-corrected chi connectivity index (χ2v) is 9.48. The van der Waals surface area contributed by atoms with Crippen LogP contribution in [0.5, 0.6) is 5.75 Å². The van der Waals surface area contributed by atoms with Crippen LogP contribution in [-0.4, -0.2) is 28.9 Å². The van der Waals surface area contributed by atoms with Gasteiger partial charge in [-0.3, -0.25) is 0 Å². The largest absolute Gasteiger partial charge is 0.491 e. The zero-order chi connectivity index (χ0) is 20.5. The SMILES string of the molecule is CC(C)(C)c1ccc(OCC(Cn2ccnc2)OCCCC2CCCCC2)cc1. The summed E-state index contributed by atoms with van der Waals surface area (Å²) >= 11 is 0. The molecule has 1 unspecified atom stereocenters. The minimum Gasteiger partial charge on any atom is -0.491 e. The van der Waals surface area contributed by atoms with E-state index in [4.69, 9.17) is 9.47 Å². The minimum absolute atomic E-state index is 0.0258. The molecule has 0 spiro atoms. The molecular weight excluding hydrogens is 360 g/mol. The molecule has 0 radical (unpaired) electrons. The topological polar surface area (TPSA) is 36.3 Å². The first-order chi connectivity index (χ1) is 14.0. The van der Waals surface area contributed by atoms with E-state index in [0.29, 0.717) is 6.61 Å². The van der Waals surface area contributed by atoms with Gasteiger partial charge in [0.05, 0.1) is 12.9 Å². The molecule has 1 saturated carbocycles. The summed E-state index contributed by atoms with van der Waals surface area (Å²) in [5.41, 5.74) is 1.47. The van der Waals surface area contributed by atoms with Gasteiger partial charge in [0.2, 0.25) is 0 Å². The molecule has 1 heterocycles. The summed E-state index contributed by atoms with van der Waals surface area (Å²) in [6.07, 6.45) is 15.2. The fourth-order valence-corrected chi connectivity index (χ4v) is 4.12. The van der Waals surface area contributed by atoms with Crippen molar-refractivity contribution in [1.82, 2.24) is 9.55 Å². The maximum Gasteiger partial charge on any atom is 0.119 e. The molecule has 1 aromatic heterocycles. The summed E-state index contributed by atoms with van der Waals surface area (Å²) in [6.45, 7) is 8.81. The predicted molar refractivity (Wildman–Crippen MR) is 118 cm³/mol. The van der Waals surface area contributed by atoms with Gasteiger partial charge in [0.25, 0.3) is 0 Å². The van der Waals surface area contributed by atoms with Crippen LogP contribution in [0.4, 0.5) is 0 Å². The molecule has 1 aromatic carbocycles. The standard InChI is InChI=1S/C25H38N2O2/c1-25(2,3)22-11-13-23(14-12-22)29-19-24(18-27-16-15-26-20-27)28-17-7-10-21-8-5-4-6-9-21/h11-16,20-21,24H,4-10,17-19H2,1-3H3. The van der Waals surface area contributed by atoms with E-state index >= 15 is 0 Å². The van der Waals surface area contributed by atoms with Crippen LogP contribution in [0.3, 0.4) is 0 Å². The Balaban J connectivity index is 1.47. The van der Waals surface area contributed by atoms with E-state index in [9.17, 15) is 0 Å². The summed E-state index contributed by atoms with van der Waals surface area (Å²) < 4.78 is 14.4. The minimum atomic E-state index is 0.0258. The highest BCUT2D eigenvalue weighted by Crippen LogP contribution is 2.27. The molecule has 160 valence electrons. The number of hydrogen-bond acceptors (Lipinski definition) is 3. The first-order valence-electron chi connectivity index (χ1n) is 11.3. The summed E-state index contributed by atoms with van der Waals surface area (Å²) in [6, 6.07) is 8.45. The highest BCUT2D eigenvalue weighted by Gasteiger charge is 2.16. The molecule has 2 aromatic rings. The van der Waals surface area contributed by atoms with E-state index < -0.39 is 0 Å². The van der Waals surface area contributed by atoms with Gasteiger partial charge in [0.15, 0.2) is 0 Å². The molecule has 0 amide bonds. The van der Waals surface area contributed by atoms with E-state index in [2.05, 4.69) is 54.6 Å². The number of ether oxygens (including phenoxy) is 2. The Hall–Kier alpha value is -1.81. The van der Waals surface area contributed by atoms with Gasteiger partial charge in [0.1, 0.15) is 18.5 Å². The quantitative estimate of drug-likeness (QED) is 0.460. The lowest BCUT2D eigenvalue weighted by Gasteiger charge is -2.23. The lowest BCUT2D eigenvalue weighted by Crippen LogP contribution is -2.27. The average molecular weight is 399 g/mol. The molecule has 1 atom stereocenters. The van der Waals surface area contributed by atoms with Crippen LogP contribution >= 0.6 is 0 Å². The highest BCUT2D eigenvalue weighted by molar-refractivity contribution is 5.31. The van der Waals surface area contributed by atoms with E-state index in [1.54, 1.807) is 0 Å². The molecule has 1 fully saturated rings. The van der Waals surface area contributed by atoms with Gasteiger partial charge in [-0.15, -0.1) is 0 Å². The Morgan fingerprint density at radius 2 is 1.86 bits per heavy atom. The third-order valence-corrected chi connectivity index (χ3v) is 5.96. The summed E-state index contributed by atoms with van der Waals surface area (Å²) in [4.78, 5) is 4.15. The molecule has 3 rings (SSSR count). The van der Waals surface area contributed by atoms with Gasteiger partial charge < -0.3 is 14.0 Å². The molecule has 1 aliphatic carbocycles. The van der Waals surface area contributed by atoms with Gasteiger partial charge in [-0.2, -0.15) is 0 Å². The zero-order valence-corrected chi connectivity index (χ0v) is 18.5. The van der Waals surface area contributed by atoms with Crippen LogP contribution in [0.15, 0.2) is 43.0 Å². The maximum absolute atomic E-state index is 6.23. The Morgan fingerprint density at radius 1 is 1.10 bits per heavy atom. The molecule has 4 heteroatoms. The highest BCUT2D eigenvalue weighted by atomic mass is 16.5. The summed E-state index contributed by atoms with van der Waals surface area (Å²) in [7, 11) is 0. The number of nitrogens with zero attached hydrogens (tertiary/aromatic N) is 2. The molecular formula is C25H38N2O2. The van der Waals surface area contributed by atoms with Crippen LogP contribution in [0.25, 0.3) is 0 Å².